The smallest absolute Gasteiger partial charge is 0.259 e. The number of nitrogens with zero attached hydrogens (tertiary/aromatic N) is 1. The Kier molecular flexibility index (Phi) is 4.43. The van der Waals surface area contributed by atoms with E-state index < -0.39 is 8.53 Å². The number of nitrogens with one attached hydrogen (secondary N) is 1. The van der Waals surface area contributed by atoms with Gasteiger partial charge in [-0.25, -0.2) is 4.67 Å². The number of rotatable bonds is 2. The minimum Gasteiger partial charge on any atom is -0.321 e. The summed E-state index contributed by atoms with van der Waals surface area (Å²) in [6.45, 7) is 11.8. The SMILES string of the molecule is CC1CC(OP2OCCN2C(C)(C)C)CCN1. The molecule has 0 saturated carbocycles. The lowest BCUT2D eigenvalue weighted by Gasteiger charge is -2.36. The molecular weight excluding hydrogens is 235 g/mol. The third-order valence-corrected chi connectivity index (χ3v) is 5.37. The van der Waals surface area contributed by atoms with Crippen molar-refractivity contribution in [2.45, 2.75) is 58.2 Å². The first-order chi connectivity index (χ1) is 7.97. The molecule has 2 aliphatic rings. The maximum atomic E-state index is 6.19. The molecule has 1 N–H and O–H groups in total. The van der Waals surface area contributed by atoms with Crippen LogP contribution in [-0.4, -0.2) is 42.1 Å². The maximum Gasteiger partial charge on any atom is 0.259 e. The van der Waals surface area contributed by atoms with Gasteiger partial charge in [-0.05, 0) is 47.1 Å². The Hall–Kier alpha value is 0.270. The van der Waals surface area contributed by atoms with Crippen molar-refractivity contribution in [3.8, 4) is 0 Å². The number of hydrogen-bond donors (Lipinski definition) is 1. The molecule has 0 aromatic heterocycles. The highest BCUT2D eigenvalue weighted by atomic mass is 31.2. The van der Waals surface area contributed by atoms with Crippen LogP contribution in [-0.2, 0) is 9.05 Å². The van der Waals surface area contributed by atoms with E-state index in [4.69, 9.17) is 9.05 Å². The second kappa shape index (κ2) is 5.50. The van der Waals surface area contributed by atoms with E-state index in [0.29, 0.717) is 12.1 Å². The zero-order chi connectivity index (χ0) is 12.5. The number of piperidine rings is 1. The highest BCUT2D eigenvalue weighted by molar-refractivity contribution is 7.44. The summed E-state index contributed by atoms with van der Waals surface area (Å²) in [6, 6.07) is 0.564. The minimum atomic E-state index is -0.833. The highest BCUT2D eigenvalue weighted by Crippen LogP contribution is 2.52. The summed E-state index contributed by atoms with van der Waals surface area (Å²) in [5.74, 6) is 0. The largest absolute Gasteiger partial charge is 0.321 e. The van der Waals surface area contributed by atoms with Gasteiger partial charge in [-0.3, -0.25) is 0 Å². The molecule has 3 atom stereocenters. The molecular formula is C12H25N2O2P. The number of hydrogen-bond acceptors (Lipinski definition) is 4. The Balaban J connectivity index is 1.89. The zero-order valence-corrected chi connectivity index (χ0v) is 12.3. The van der Waals surface area contributed by atoms with E-state index in [1.54, 1.807) is 0 Å². The van der Waals surface area contributed by atoms with Gasteiger partial charge < -0.3 is 14.4 Å². The van der Waals surface area contributed by atoms with Gasteiger partial charge in [-0.2, -0.15) is 0 Å². The van der Waals surface area contributed by atoms with Crippen molar-refractivity contribution in [3.05, 3.63) is 0 Å². The minimum absolute atomic E-state index is 0.140. The van der Waals surface area contributed by atoms with Crippen LogP contribution in [0.5, 0.6) is 0 Å². The van der Waals surface area contributed by atoms with Crippen LogP contribution in [0.25, 0.3) is 0 Å². The standard InChI is InChI=1S/C12H25N2O2P/c1-10-9-11(5-6-13-10)16-17-14(7-8-15-17)12(2,3)4/h10-11,13H,5-9H2,1-4H3. The summed E-state index contributed by atoms with van der Waals surface area (Å²) in [5, 5.41) is 3.45. The van der Waals surface area contributed by atoms with Crippen molar-refractivity contribution in [1.82, 2.24) is 9.99 Å². The van der Waals surface area contributed by atoms with Gasteiger partial charge in [0.1, 0.15) is 0 Å². The fourth-order valence-corrected chi connectivity index (χ4v) is 4.07. The van der Waals surface area contributed by atoms with E-state index in [0.717, 1.165) is 32.5 Å². The Morgan fingerprint density at radius 2 is 2.18 bits per heavy atom. The monoisotopic (exact) mass is 260 g/mol. The van der Waals surface area contributed by atoms with E-state index in [2.05, 4.69) is 37.7 Å². The molecule has 0 aromatic carbocycles. The second-order valence-electron chi connectivity index (χ2n) is 5.97. The molecule has 0 aliphatic carbocycles. The lowest BCUT2D eigenvalue weighted by Crippen LogP contribution is -2.40. The molecule has 2 aliphatic heterocycles. The molecule has 2 saturated heterocycles. The summed E-state index contributed by atoms with van der Waals surface area (Å²) in [6.07, 6.45) is 2.56. The van der Waals surface area contributed by atoms with Gasteiger partial charge in [0.25, 0.3) is 8.53 Å². The van der Waals surface area contributed by atoms with Crippen LogP contribution >= 0.6 is 8.53 Å². The van der Waals surface area contributed by atoms with E-state index in [-0.39, 0.29) is 5.54 Å². The van der Waals surface area contributed by atoms with Gasteiger partial charge in [0.2, 0.25) is 0 Å². The van der Waals surface area contributed by atoms with Gasteiger partial charge in [0.15, 0.2) is 0 Å². The van der Waals surface area contributed by atoms with Gasteiger partial charge in [-0.1, -0.05) is 0 Å². The van der Waals surface area contributed by atoms with Crippen LogP contribution in [0, 0.1) is 0 Å². The summed E-state index contributed by atoms with van der Waals surface area (Å²) in [7, 11) is -0.833. The van der Waals surface area contributed by atoms with Crippen LogP contribution < -0.4 is 5.32 Å². The third kappa shape index (κ3) is 3.62. The van der Waals surface area contributed by atoms with Gasteiger partial charge in [0, 0.05) is 18.1 Å². The summed E-state index contributed by atoms with van der Waals surface area (Å²) in [4.78, 5) is 0. The van der Waals surface area contributed by atoms with Crippen LogP contribution in [0.1, 0.15) is 40.5 Å². The molecule has 4 nitrogen and oxygen atoms in total. The maximum absolute atomic E-state index is 6.19. The van der Waals surface area contributed by atoms with Crippen molar-refractivity contribution in [1.29, 1.82) is 0 Å². The quantitative estimate of drug-likeness (QED) is 0.773. The molecule has 0 amide bonds. The highest BCUT2D eigenvalue weighted by Gasteiger charge is 2.38. The second-order valence-corrected chi connectivity index (χ2v) is 7.40. The van der Waals surface area contributed by atoms with Crippen molar-refractivity contribution in [2.24, 2.45) is 0 Å². The average Bonchev–Trinajstić information content (AvgIpc) is 2.65. The van der Waals surface area contributed by atoms with E-state index in [9.17, 15) is 0 Å². The first-order valence-corrected chi connectivity index (χ1v) is 7.70. The fourth-order valence-electron chi connectivity index (χ4n) is 2.33. The van der Waals surface area contributed by atoms with Crippen LogP contribution in [0.4, 0.5) is 0 Å². The Morgan fingerprint density at radius 1 is 1.41 bits per heavy atom. The molecule has 0 bridgehead atoms. The molecule has 2 fully saturated rings. The van der Waals surface area contributed by atoms with Crippen LogP contribution in [0.2, 0.25) is 0 Å². The summed E-state index contributed by atoms with van der Waals surface area (Å²) in [5.41, 5.74) is 0.140. The molecule has 100 valence electrons. The lowest BCUT2D eigenvalue weighted by atomic mass is 10.0. The molecule has 0 radical (unpaired) electrons. The van der Waals surface area contributed by atoms with Gasteiger partial charge in [-0.15, -0.1) is 0 Å². The van der Waals surface area contributed by atoms with E-state index >= 15 is 0 Å². The Morgan fingerprint density at radius 3 is 2.82 bits per heavy atom. The molecule has 2 rings (SSSR count). The molecule has 0 spiro atoms. The normalized spacial score (nSPS) is 36.4. The van der Waals surface area contributed by atoms with Crippen molar-refractivity contribution >= 4 is 8.53 Å². The first kappa shape index (κ1) is 13.7. The van der Waals surface area contributed by atoms with Crippen LogP contribution in [0.3, 0.4) is 0 Å². The van der Waals surface area contributed by atoms with Gasteiger partial charge >= 0.3 is 0 Å². The summed E-state index contributed by atoms with van der Waals surface area (Å²) < 4.78 is 14.3. The average molecular weight is 260 g/mol. The first-order valence-electron chi connectivity index (χ1n) is 6.57. The van der Waals surface area contributed by atoms with Crippen molar-refractivity contribution in [3.63, 3.8) is 0 Å². The molecule has 2 heterocycles. The molecule has 5 heteroatoms. The fraction of sp³-hybridized carbons (Fsp3) is 1.00. The lowest BCUT2D eigenvalue weighted by molar-refractivity contribution is 0.123. The predicted octanol–water partition coefficient (Wildman–Crippen LogP) is 2.50. The topological polar surface area (TPSA) is 33.7 Å². The van der Waals surface area contributed by atoms with Crippen molar-refractivity contribution < 1.29 is 9.05 Å². The Labute approximate surface area is 106 Å². The molecule has 17 heavy (non-hydrogen) atoms. The zero-order valence-electron chi connectivity index (χ0n) is 11.4. The Bertz CT molecular complexity index is 257. The predicted molar refractivity (Wildman–Crippen MR) is 70.9 cm³/mol. The van der Waals surface area contributed by atoms with Gasteiger partial charge in [0.05, 0.1) is 12.7 Å². The molecule has 0 aromatic rings. The van der Waals surface area contributed by atoms with Crippen molar-refractivity contribution in [2.75, 3.05) is 19.7 Å². The van der Waals surface area contributed by atoms with E-state index in [1.165, 1.54) is 0 Å². The van der Waals surface area contributed by atoms with E-state index in [1.807, 2.05) is 0 Å². The molecule has 3 unspecified atom stereocenters. The summed E-state index contributed by atoms with van der Waals surface area (Å²) >= 11 is 0. The third-order valence-electron chi connectivity index (χ3n) is 3.29. The van der Waals surface area contributed by atoms with Crippen LogP contribution in [0.15, 0.2) is 0 Å².